The number of para-hydroxylation sites is 1. The van der Waals surface area contributed by atoms with Crippen molar-refractivity contribution in [1.82, 2.24) is 20.0 Å². The smallest absolute Gasteiger partial charge is 0.331 e. The van der Waals surface area contributed by atoms with Crippen LogP contribution in [0, 0.1) is 0 Å². The van der Waals surface area contributed by atoms with Crippen LogP contribution in [0.15, 0.2) is 66.5 Å². The van der Waals surface area contributed by atoms with Gasteiger partial charge in [0, 0.05) is 18.3 Å². The molecule has 0 aliphatic carbocycles. The number of nitrogens with zero attached hydrogens (tertiary/aromatic N) is 3. The Labute approximate surface area is 190 Å². The maximum Gasteiger partial charge on any atom is 0.331 e. The van der Waals surface area contributed by atoms with Gasteiger partial charge in [-0.1, -0.05) is 24.3 Å². The number of rotatable bonds is 7. The molecule has 0 unspecified atom stereocenters. The van der Waals surface area contributed by atoms with Gasteiger partial charge in [-0.25, -0.2) is 9.48 Å². The van der Waals surface area contributed by atoms with Crippen molar-refractivity contribution in [2.24, 2.45) is 0 Å². The van der Waals surface area contributed by atoms with Crippen LogP contribution < -0.4 is 14.8 Å². The summed E-state index contributed by atoms with van der Waals surface area (Å²) in [6.45, 7) is 0.0913. The Morgan fingerprint density at radius 3 is 2.48 bits per heavy atom. The number of amides is 4. The summed E-state index contributed by atoms with van der Waals surface area (Å²) in [5, 5.41) is 6.50. The monoisotopic (exact) mass is 446 g/mol. The normalized spacial score (nSPS) is 15.0. The van der Waals surface area contributed by atoms with Crippen molar-refractivity contribution in [2.75, 3.05) is 20.8 Å². The minimum absolute atomic E-state index is 0.0913. The lowest BCUT2D eigenvalue weighted by atomic mass is 10.1. The molecule has 168 valence electrons. The summed E-state index contributed by atoms with van der Waals surface area (Å²) in [7, 11) is 3.08. The molecule has 4 rings (SSSR count). The third-order valence-electron chi connectivity index (χ3n) is 5.19. The molecule has 4 amide bonds. The Morgan fingerprint density at radius 1 is 1.00 bits per heavy atom. The highest BCUT2D eigenvalue weighted by Crippen LogP contribution is 2.28. The van der Waals surface area contributed by atoms with Crippen molar-refractivity contribution in [3.8, 4) is 17.2 Å². The topological polar surface area (TPSA) is 103 Å². The predicted octanol–water partition coefficient (Wildman–Crippen LogP) is 2.59. The highest BCUT2D eigenvalue weighted by atomic mass is 16.5. The molecule has 0 bridgehead atoms. The average Bonchev–Trinajstić information content (AvgIpc) is 3.30. The van der Waals surface area contributed by atoms with E-state index in [9.17, 15) is 14.4 Å². The van der Waals surface area contributed by atoms with Gasteiger partial charge in [-0.3, -0.25) is 19.8 Å². The number of carbonyl (C=O) groups is 3. The molecule has 9 heteroatoms. The summed E-state index contributed by atoms with van der Waals surface area (Å²) >= 11 is 0. The quantitative estimate of drug-likeness (QED) is 0.442. The number of carbonyl (C=O) groups excluding carboxylic acids is 3. The predicted molar refractivity (Wildman–Crippen MR) is 120 cm³/mol. The van der Waals surface area contributed by atoms with Gasteiger partial charge >= 0.3 is 6.03 Å². The molecule has 0 spiro atoms. The van der Waals surface area contributed by atoms with Gasteiger partial charge in [-0.2, -0.15) is 5.10 Å². The molecule has 33 heavy (non-hydrogen) atoms. The van der Waals surface area contributed by atoms with E-state index in [0.717, 1.165) is 16.2 Å². The van der Waals surface area contributed by atoms with Crippen molar-refractivity contribution >= 4 is 23.9 Å². The Balaban J connectivity index is 1.52. The SMILES string of the molecule is COc1ccc(CCN2C(=O)NC(=O)/C(=C/c3cnn(-c4ccccc4)c3)C2=O)cc1OC. The van der Waals surface area contributed by atoms with Crippen LogP contribution in [0.1, 0.15) is 11.1 Å². The molecular formula is C24H22N4O5. The molecule has 9 nitrogen and oxygen atoms in total. The molecule has 2 heterocycles. The fourth-order valence-corrected chi connectivity index (χ4v) is 3.47. The fraction of sp³-hybridized carbons (Fsp3) is 0.167. The number of aromatic nitrogens is 2. The third kappa shape index (κ3) is 4.62. The van der Waals surface area contributed by atoms with Gasteiger partial charge < -0.3 is 9.47 Å². The van der Waals surface area contributed by atoms with Crippen LogP contribution in [-0.4, -0.2) is 53.3 Å². The first kappa shape index (κ1) is 21.8. The van der Waals surface area contributed by atoms with Gasteiger partial charge in [-0.05, 0) is 42.3 Å². The van der Waals surface area contributed by atoms with E-state index < -0.39 is 17.8 Å². The van der Waals surface area contributed by atoms with E-state index in [1.165, 1.54) is 13.2 Å². The van der Waals surface area contributed by atoms with Gasteiger partial charge in [0.15, 0.2) is 11.5 Å². The summed E-state index contributed by atoms with van der Waals surface area (Å²) in [4.78, 5) is 38.7. The summed E-state index contributed by atoms with van der Waals surface area (Å²) in [5.74, 6) is -0.257. The third-order valence-corrected chi connectivity index (χ3v) is 5.19. The van der Waals surface area contributed by atoms with Crippen LogP contribution in [0.2, 0.25) is 0 Å². The number of methoxy groups -OCH3 is 2. The highest BCUT2D eigenvalue weighted by molar-refractivity contribution is 6.31. The Kier molecular flexibility index (Phi) is 6.21. The second-order valence-electron chi connectivity index (χ2n) is 7.27. The molecule has 1 saturated heterocycles. The zero-order valence-corrected chi connectivity index (χ0v) is 18.1. The van der Waals surface area contributed by atoms with Crippen LogP contribution in [0.3, 0.4) is 0 Å². The van der Waals surface area contributed by atoms with E-state index in [1.807, 2.05) is 36.4 Å². The number of ether oxygens (including phenoxy) is 2. The van der Waals surface area contributed by atoms with Gasteiger partial charge in [0.2, 0.25) is 0 Å². The van der Waals surface area contributed by atoms with Crippen molar-refractivity contribution in [3.05, 3.63) is 77.6 Å². The summed E-state index contributed by atoms with van der Waals surface area (Å²) < 4.78 is 12.2. The van der Waals surface area contributed by atoms with E-state index >= 15 is 0 Å². The van der Waals surface area contributed by atoms with E-state index in [4.69, 9.17) is 9.47 Å². The van der Waals surface area contributed by atoms with Crippen molar-refractivity contribution in [3.63, 3.8) is 0 Å². The first-order chi connectivity index (χ1) is 16.0. The number of nitrogens with one attached hydrogen (secondary N) is 1. The zero-order valence-electron chi connectivity index (χ0n) is 18.1. The average molecular weight is 446 g/mol. The molecule has 1 N–H and O–H groups in total. The first-order valence-electron chi connectivity index (χ1n) is 10.2. The van der Waals surface area contributed by atoms with Crippen LogP contribution in [0.4, 0.5) is 4.79 Å². The second kappa shape index (κ2) is 9.39. The molecule has 0 atom stereocenters. The Bertz CT molecular complexity index is 1230. The lowest BCUT2D eigenvalue weighted by molar-refractivity contribution is -0.130. The highest BCUT2D eigenvalue weighted by Gasteiger charge is 2.35. The van der Waals surface area contributed by atoms with Gasteiger partial charge in [-0.15, -0.1) is 0 Å². The molecule has 0 saturated carbocycles. The maximum absolute atomic E-state index is 13.0. The number of hydrogen-bond acceptors (Lipinski definition) is 6. The van der Waals surface area contributed by atoms with Gasteiger partial charge in [0.1, 0.15) is 5.57 Å². The van der Waals surface area contributed by atoms with Crippen LogP contribution >= 0.6 is 0 Å². The van der Waals surface area contributed by atoms with E-state index in [1.54, 1.807) is 36.3 Å². The molecular weight excluding hydrogens is 424 g/mol. The fourth-order valence-electron chi connectivity index (χ4n) is 3.47. The van der Waals surface area contributed by atoms with Crippen LogP contribution in [0.5, 0.6) is 11.5 Å². The molecule has 1 aromatic heterocycles. The largest absolute Gasteiger partial charge is 0.493 e. The lowest BCUT2D eigenvalue weighted by Crippen LogP contribution is -2.54. The first-order valence-corrected chi connectivity index (χ1v) is 10.2. The molecule has 2 aromatic carbocycles. The Hall–Kier alpha value is -4.40. The maximum atomic E-state index is 13.0. The number of imide groups is 2. The number of hydrogen-bond donors (Lipinski definition) is 1. The lowest BCUT2D eigenvalue weighted by Gasteiger charge is -2.26. The summed E-state index contributed by atoms with van der Waals surface area (Å²) in [5.41, 5.74) is 2.12. The van der Waals surface area contributed by atoms with Crippen LogP contribution in [-0.2, 0) is 16.0 Å². The summed E-state index contributed by atoms with van der Waals surface area (Å²) in [6.07, 6.45) is 5.06. The molecule has 1 fully saturated rings. The van der Waals surface area contributed by atoms with Gasteiger partial charge in [0.05, 0.1) is 26.1 Å². The van der Waals surface area contributed by atoms with E-state index in [-0.39, 0.29) is 12.1 Å². The number of benzene rings is 2. The molecule has 3 aromatic rings. The molecule has 1 aliphatic heterocycles. The minimum atomic E-state index is -0.748. The van der Waals surface area contributed by atoms with Crippen LogP contribution in [0.25, 0.3) is 11.8 Å². The number of barbiturate groups is 1. The van der Waals surface area contributed by atoms with Crippen molar-refractivity contribution in [2.45, 2.75) is 6.42 Å². The molecule has 0 radical (unpaired) electrons. The van der Waals surface area contributed by atoms with Crippen molar-refractivity contribution in [1.29, 1.82) is 0 Å². The van der Waals surface area contributed by atoms with Crippen molar-refractivity contribution < 1.29 is 23.9 Å². The minimum Gasteiger partial charge on any atom is -0.493 e. The van der Waals surface area contributed by atoms with E-state index in [2.05, 4.69) is 10.4 Å². The number of urea groups is 1. The van der Waals surface area contributed by atoms with Gasteiger partial charge in [0.25, 0.3) is 11.8 Å². The molecule has 1 aliphatic rings. The Morgan fingerprint density at radius 2 is 1.76 bits per heavy atom. The zero-order chi connectivity index (χ0) is 23.4. The second-order valence-corrected chi connectivity index (χ2v) is 7.27. The van der Waals surface area contributed by atoms with E-state index in [0.29, 0.717) is 23.5 Å². The summed E-state index contributed by atoms with van der Waals surface area (Å²) in [6, 6.07) is 14.1. The standard InChI is InChI=1S/C24H22N4O5/c1-32-20-9-8-16(13-21(20)33-2)10-11-27-23(30)19(22(29)26-24(27)31)12-17-14-25-28(15-17)18-6-4-3-5-7-18/h3-9,12-15H,10-11H2,1-2H3,(H,26,29,31)/b19-12-.